The number of fused-ring (bicyclic) bond motifs is 2. The van der Waals surface area contributed by atoms with Crippen LogP contribution in [0.2, 0.25) is 5.02 Å². The van der Waals surface area contributed by atoms with Crippen molar-refractivity contribution in [1.82, 2.24) is 24.6 Å². The van der Waals surface area contributed by atoms with Gasteiger partial charge in [-0.2, -0.15) is 15.4 Å². The maximum absolute atomic E-state index is 13.2. The van der Waals surface area contributed by atoms with Crippen LogP contribution in [0.5, 0.6) is 0 Å². The van der Waals surface area contributed by atoms with Crippen LogP contribution in [0.15, 0.2) is 47.7 Å². The van der Waals surface area contributed by atoms with Crippen LogP contribution >= 0.6 is 11.6 Å². The second-order valence-electron chi connectivity index (χ2n) is 9.90. The average Bonchev–Trinajstić information content (AvgIpc) is 3.41. The fourth-order valence-electron chi connectivity index (χ4n) is 4.97. The largest absolute Gasteiger partial charge is 0.348 e. The maximum atomic E-state index is 13.2. The van der Waals surface area contributed by atoms with Gasteiger partial charge in [-0.1, -0.05) is 25.4 Å². The zero-order valence-corrected chi connectivity index (χ0v) is 22.2. The number of nitriles is 1. The Labute approximate surface area is 224 Å². The summed E-state index contributed by atoms with van der Waals surface area (Å²) in [5, 5.41) is 18.8. The van der Waals surface area contributed by atoms with Crippen LogP contribution in [-0.4, -0.2) is 37.0 Å². The molecule has 10 heteroatoms. The molecule has 1 unspecified atom stereocenters. The lowest BCUT2D eigenvalue weighted by atomic mass is 9.88. The van der Waals surface area contributed by atoms with E-state index in [1.54, 1.807) is 24.5 Å². The minimum atomic E-state index is -0.554. The normalized spacial score (nSPS) is 14.9. The molecule has 0 saturated carbocycles. The first kappa shape index (κ1) is 25.4. The topological polar surface area (TPSA) is 118 Å². The number of aryl methyl sites for hydroxylation is 1. The average molecular weight is 528 g/mol. The number of hydrogen-bond acceptors (Lipinski definition) is 5. The molecule has 3 aromatic heterocycles. The van der Waals surface area contributed by atoms with Gasteiger partial charge in [-0.15, -0.1) is 0 Å². The molecule has 0 fully saturated rings. The molecule has 4 heterocycles. The number of amides is 2. The van der Waals surface area contributed by atoms with E-state index < -0.39 is 5.92 Å². The van der Waals surface area contributed by atoms with Gasteiger partial charge >= 0.3 is 0 Å². The van der Waals surface area contributed by atoms with Crippen molar-refractivity contribution in [2.45, 2.75) is 39.7 Å². The second kappa shape index (κ2) is 9.88. The number of halogens is 1. The Bertz CT molecular complexity index is 1670. The first-order valence-electron chi connectivity index (χ1n) is 12.3. The smallest absolute Gasteiger partial charge is 0.256 e. The van der Waals surface area contributed by atoms with E-state index in [0.717, 1.165) is 16.5 Å². The van der Waals surface area contributed by atoms with E-state index in [0.29, 0.717) is 46.2 Å². The molecule has 1 N–H and O–H groups in total. The highest BCUT2D eigenvalue weighted by Gasteiger charge is 2.38. The van der Waals surface area contributed by atoms with E-state index in [1.165, 1.54) is 6.92 Å². The molecule has 5 rings (SSSR count). The second-order valence-corrected chi connectivity index (χ2v) is 10.3. The summed E-state index contributed by atoms with van der Waals surface area (Å²) in [6, 6.07) is 11.4. The summed E-state index contributed by atoms with van der Waals surface area (Å²) < 4.78 is 3.66. The number of aromatic nitrogens is 4. The highest BCUT2D eigenvalue weighted by molar-refractivity contribution is 6.31. The first-order chi connectivity index (χ1) is 18.2. The third-order valence-electron chi connectivity index (χ3n) is 6.56. The summed E-state index contributed by atoms with van der Waals surface area (Å²) in [5.74, 6) is -0.850. The van der Waals surface area contributed by atoms with E-state index in [4.69, 9.17) is 16.7 Å². The lowest BCUT2D eigenvalue weighted by Gasteiger charge is -2.21. The Morgan fingerprint density at radius 3 is 2.74 bits per heavy atom. The van der Waals surface area contributed by atoms with Crippen molar-refractivity contribution in [1.29, 1.82) is 5.26 Å². The molecule has 1 aliphatic heterocycles. The van der Waals surface area contributed by atoms with Gasteiger partial charge in [-0.3, -0.25) is 19.3 Å². The van der Waals surface area contributed by atoms with Crippen molar-refractivity contribution < 1.29 is 9.59 Å². The van der Waals surface area contributed by atoms with Crippen molar-refractivity contribution >= 4 is 40.2 Å². The monoisotopic (exact) mass is 527 g/mol. The highest BCUT2D eigenvalue weighted by atomic mass is 35.5. The molecule has 1 aromatic carbocycles. The molecule has 0 aliphatic carbocycles. The van der Waals surface area contributed by atoms with Crippen molar-refractivity contribution in [3.8, 4) is 17.5 Å². The predicted octanol–water partition coefficient (Wildman–Crippen LogP) is 4.56. The van der Waals surface area contributed by atoms with Gasteiger partial charge in [0.05, 0.1) is 46.2 Å². The number of hydrogen-bond donors (Lipinski definition) is 1. The Morgan fingerprint density at radius 2 is 2.05 bits per heavy atom. The van der Waals surface area contributed by atoms with Gasteiger partial charge in [0.1, 0.15) is 11.9 Å². The number of nitrogens with zero attached hydrogens (tertiary/aromatic N) is 6. The SMILES string of the molecule is CC(=O)NC1=NC(=O)C(CC(C)C)c2nn(Cc3ccnc4ccc(Cl)cc34)c(-c3cc(C#N)cn3C)c21. The molecule has 9 nitrogen and oxygen atoms in total. The minimum absolute atomic E-state index is 0.168. The number of amidine groups is 1. The van der Waals surface area contributed by atoms with Crippen LogP contribution < -0.4 is 5.32 Å². The molecule has 0 radical (unpaired) electrons. The molecule has 192 valence electrons. The van der Waals surface area contributed by atoms with Crippen LogP contribution in [0.4, 0.5) is 0 Å². The van der Waals surface area contributed by atoms with E-state index in [2.05, 4.69) is 21.4 Å². The first-order valence-corrected chi connectivity index (χ1v) is 12.6. The van der Waals surface area contributed by atoms with Gasteiger partial charge in [0.25, 0.3) is 5.91 Å². The summed E-state index contributed by atoms with van der Waals surface area (Å²) in [5.41, 5.74) is 4.73. The highest BCUT2D eigenvalue weighted by Crippen LogP contribution is 2.38. The fourth-order valence-corrected chi connectivity index (χ4v) is 5.14. The zero-order valence-electron chi connectivity index (χ0n) is 21.5. The summed E-state index contributed by atoms with van der Waals surface area (Å²) in [6.45, 7) is 5.80. The van der Waals surface area contributed by atoms with Gasteiger partial charge in [0.15, 0.2) is 0 Å². The fraction of sp³-hybridized carbons (Fsp3) is 0.286. The van der Waals surface area contributed by atoms with Crippen molar-refractivity contribution in [2.24, 2.45) is 18.0 Å². The Balaban J connectivity index is 1.79. The molecular weight excluding hydrogens is 502 g/mol. The molecule has 2 amide bonds. The van der Waals surface area contributed by atoms with Crippen LogP contribution in [-0.2, 0) is 23.2 Å². The van der Waals surface area contributed by atoms with E-state index in [9.17, 15) is 14.9 Å². The zero-order chi connectivity index (χ0) is 27.1. The third kappa shape index (κ3) is 4.59. The number of pyridine rings is 1. The van der Waals surface area contributed by atoms with Crippen LogP contribution in [0.1, 0.15) is 55.5 Å². The molecule has 1 atom stereocenters. The van der Waals surface area contributed by atoms with Gasteiger partial charge in [0, 0.05) is 36.8 Å². The molecular formula is C28H26ClN7O2. The van der Waals surface area contributed by atoms with Gasteiger partial charge < -0.3 is 9.88 Å². The number of carbonyl (C=O) groups excluding carboxylic acids is 2. The Kier molecular flexibility index (Phi) is 6.59. The quantitative estimate of drug-likeness (QED) is 0.408. The lowest BCUT2D eigenvalue weighted by Crippen LogP contribution is -2.35. The standard InChI is InChI=1S/C28H26ClN7O2/c1-15(2)9-21-25-24(27(32-16(3)37)33-28(21)38)26(23-10-17(12-30)13-35(23)4)36(34-25)14-18-7-8-31-22-6-5-19(29)11-20(18)22/h5-8,10-11,13,15,21H,9,14H2,1-4H3,(H,32,33,37,38). The summed E-state index contributed by atoms with van der Waals surface area (Å²) in [4.78, 5) is 34.1. The maximum Gasteiger partial charge on any atom is 0.256 e. The summed E-state index contributed by atoms with van der Waals surface area (Å²) >= 11 is 6.32. The summed E-state index contributed by atoms with van der Waals surface area (Å²) in [6.07, 6.45) is 4.03. The molecule has 38 heavy (non-hydrogen) atoms. The van der Waals surface area contributed by atoms with E-state index >= 15 is 0 Å². The van der Waals surface area contributed by atoms with Gasteiger partial charge in [-0.25, -0.2) is 0 Å². The predicted molar refractivity (Wildman–Crippen MR) is 145 cm³/mol. The van der Waals surface area contributed by atoms with Crippen molar-refractivity contribution in [3.63, 3.8) is 0 Å². The number of benzene rings is 1. The number of carbonyl (C=O) groups is 2. The number of aliphatic imine (C=N–C) groups is 1. The third-order valence-corrected chi connectivity index (χ3v) is 6.79. The molecule has 0 bridgehead atoms. The lowest BCUT2D eigenvalue weighted by molar-refractivity contribution is -0.119. The minimum Gasteiger partial charge on any atom is -0.348 e. The van der Waals surface area contributed by atoms with E-state index in [1.807, 2.05) is 48.3 Å². The summed E-state index contributed by atoms with van der Waals surface area (Å²) in [7, 11) is 1.84. The van der Waals surface area contributed by atoms with Crippen LogP contribution in [0.25, 0.3) is 22.3 Å². The van der Waals surface area contributed by atoms with Crippen molar-refractivity contribution in [3.05, 3.63) is 70.1 Å². The van der Waals surface area contributed by atoms with Gasteiger partial charge in [-0.05, 0) is 48.2 Å². The number of rotatable bonds is 5. The molecule has 4 aromatic rings. The van der Waals surface area contributed by atoms with Gasteiger partial charge in [0.2, 0.25) is 5.91 Å². The molecule has 0 saturated heterocycles. The Morgan fingerprint density at radius 1 is 1.26 bits per heavy atom. The van der Waals surface area contributed by atoms with E-state index in [-0.39, 0.29) is 23.6 Å². The van der Waals surface area contributed by atoms with Crippen LogP contribution in [0.3, 0.4) is 0 Å². The Hall–Kier alpha value is -4.29. The van der Waals surface area contributed by atoms with Crippen LogP contribution in [0, 0.1) is 17.2 Å². The number of nitrogens with one attached hydrogen (secondary N) is 1. The molecule has 0 spiro atoms. The van der Waals surface area contributed by atoms with Crippen molar-refractivity contribution in [2.75, 3.05) is 0 Å². The molecule has 1 aliphatic rings.